The van der Waals surface area contributed by atoms with Crippen molar-refractivity contribution in [2.45, 2.75) is 70.4 Å². The molecular weight excluding hydrogens is 496 g/mol. The zero-order valence-electron chi connectivity index (χ0n) is 24.1. The minimum absolute atomic E-state index is 0.333. The van der Waals surface area contributed by atoms with Crippen LogP contribution in [0.5, 0.6) is 0 Å². The van der Waals surface area contributed by atoms with Crippen LogP contribution in [0.1, 0.15) is 56.9 Å². The van der Waals surface area contributed by atoms with E-state index in [1.165, 1.54) is 57.2 Å². The Hall–Kier alpha value is -3.23. The highest BCUT2D eigenvalue weighted by Crippen LogP contribution is 2.45. The Morgan fingerprint density at radius 2 is 1.82 bits per heavy atom. The number of fused-ring (bicyclic) bond motifs is 1. The van der Waals surface area contributed by atoms with E-state index >= 15 is 0 Å². The van der Waals surface area contributed by atoms with Crippen molar-refractivity contribution in [3.63, 3.8) is 0 Å². The van der Waals surface area contributed by atoms with E-state index in [2.05, 4.69) is 62.7 Å². The van der Waals surface area contributed by atoms with Gasteiger partial charge in [-0.15, -0.1) is 0 Å². The third-order valence-electron chi connectivity index (χ3n) is 9.69. The van der Waals surface area contributed by atoms with Crippen molar-refractivity contribution in [3.8, 4) is 11.3 Å². The van der Waals surface area contributed by atoms with Gasteiger partial charge in [0.25, 0.3) is 0 Å². The third-order valence-corrected chi connectivity index (χ3v) is 9.69. The topological polar surface area (TPSA) is 87.1 Å². The van der Waals surface area contributed by atoms with Gasteiger partial charge in [0, 0.05) is 49.5 Å². The highest BCUT2D eigenvalue weighted by atomic mass is 15.2. The van der Waals surface area contributed by atoms with Gasteiger partial charge in [0.1, 0.15) is 0 Å². The van der Waals surface area contributed by atoms with Gasteiger partial charge in [0.2, 0.25) is 0 Å². The summed E-state index contributed by atoms with van der Waals surface area (Å²) in [5.41, 5.74) is 11.5. The lowest BCUT2D eigenvalue weighted by atomic mass is 9.66. The SMILES string of the molecule is Cc1cccc(-c2cnc(N/C(C=NC3CCN(C4CCC5(CC4)CCN(C)CC5)CC3)=C/N)c3nccn23)c1. The number of imidazole rings is 1. The van der Waals surface area contributed by atoms with E-state index in [1.807, 2.05) is 18.6 Å². The van der Waals surface area contributed by atoms with Crippen LogP contribution in [0.2, 0.25) is 0 Å². The Morgan fingerprint density at radius 1 is 1.05 bits per heavy atom. The maximum Gasteiger partial charge on any atom is 0.180 e. The van der Waals surface area contributed by atoms with Crippen LogP contribution in [-0.4, -0.2) is 75.7 Å². The predicted molar refractivity (Wildman–Crippen MR) is 164 cm³/mol. The highest BCUT2D eigenvalue weighted by Gasteiger charge is 2.39. The largest absolute Gasteiger partial charge is 0.403 e. The van der Waals surface area contributed by atoms with E-state index in [9.17, 15) is 0 Å². The first-order valence-electron chi connectivity index (χ1n) is 15.1. The van der Waals surface area contributed by atoms with Gasteiger partial charge in [-0.05, 0) is 89.9 Å². The van der Waals surface area contributed by atoms with Crippen LogP contribution in [0.3, 0.4) is 0 Å². The molecule has 6 rings (SSSR count). The number of piperidine rings is 2. The van der Waals surface area contributed by atoms with Crippen LogP contribution in [0, 0.1) is 12.3 Å². The molecular formula is C32H44N8. The molecule has 3 aliphatic rings. The fraction of sp³-hybridized carbons (Fsp3) is 0.531. The summed E-state index contributed by atoms with van der Waals surface area (Å²) in [5.74, 6) is 0.666. The van der Waals surface area contributed by atoms with Crippen LogP contribution in [0.25, 0.3) is 16.9 Å². The lowest BCUT2D eigenvalue weighted by Crippen LogP contribution is -2.47. The van der Waals surface area contributed by atoms with Gasteiger partial charge in [-0.3, -0.25) is 9.39 Å². The molecule has 8 nitrogen and oxygen atoms in total. The molecule has 1 aliphatic carbocycles. The number of aromatic nitrogens is 3. The number of nitrogens with zero attached hydrogens (tertiary/aromatic N) is 6. The number of nitrogens with two attached hydrogens (primary N) is 1. The van der Waals surface area contributed by atoms with Gasteiger partial charge in [-0.25, -0.2) is 9.97 Å². The van der Waals surface area contributed by atoms with E-state index in [-0.39, 0.29) is 0 Å². The Labute approximate surface area is 238 Å². The fourth-order valence-corrected chi connectivity index (χ4v) is 7.04. The molecule has 3 aromatic rings. The number of rotatable bonds is 6. The number of likely N-dealkylation sites (tertiary alicyclic amines) is 2. The van der Waals surface area contributed by atoms with Crippen molar-refractivity contribution >= 4 is 17.7 Å². The Morgan fingerprint density at radius 3 is 2.55 bits per heavy atom. The number of hydrogen-bond acceptors (Lipinski definition) is 7. The molecule has 2 aromatic heterocycles. The minimum Gasteiger partial charge on any atom is -0.403 e. The van der Waals surface area contributed by atoms with Crippen molar-refractivity contribution in [2.24, 2.45) is 16.1 Å². The molecule has 40 heavy (non-hydrogen) atoms. The molecule has 0 bridgehead atoms. The quantitative estimate of drug-likeness (QED) is 0.423. The summed E-state index contributed by atoms with van der Waals surface area (Å²) in [6.45, 7) is 6.95. The summed E-state index contributed by atoms with van der Waals surface area (Å²) in [4.78, 5) is 19.4. The summed E-state index contributed by atoms with van der Waals surface area (Å²) in [7, 11) is 2.27. The van der Waals surface area contributed by atoms with Crippen LogP contribution in [-0.2, 0) is 0 Å². The van der Waals surface area contributed by atoms with E-state index < -0.39 is 0 Å². The number of benzene rings is 1. The molecule has 8 heteroatoms. The number of hydrogen-bond donors (Lipinski definition) is 2. The highest BCUT2D eigenvalue weighted by molar-refractivity contribution is 5.85. The van der Waals surface area contributed by atoms with Crippen LogP contribution >= 0.6 is 0 Å². The lowest BCUT2D eigenvalue weighted by Gasteiger charge is -2.48. The summed E-state index contributed by atoms with van der Waals surface area (Å²) < 4.78 is 2.06. The molecule has 2 saturated heterocycles. The number of aryl methyl sites for hydroxylation is 1. The summed E-state index contributed by atoms with van der Waals surface area (Å²) >= 11 is 0. The average Bonchev–Trinajstić information content (AvgIpc) is 3.48. The Balaban J connectivity index is 1.03. The molecule has 212 valence electrons. The van der Waals surface area contributed by atoms with Crippen molar-refractivity contribution < 1.29 is 0 Å². The molecule has 0 amide bonds. The first-order valence-corrected chi connectivity index (χ1v) is 15.1. The molecule has 3 fully saturated rings. The lowest BCUT2D eigenvalue weighted by molar-refractivity contribution is 0.0323. The second-order valence-corrected chi connectivity index (χ2v) is 12.3. The standard InChI is InChI=1S/C32H44N8/c1-24-4-3-5-25(20-24)29-23-36-30(31-34-14-19-40(29)31)37-27(21-33)22-35-26-8-15-39(16-9-26)28-6-10-32(11-7-28)12-17-38(2)18-13-32/h3-5,14,19-23,26,28H,6-13,15-18,33H2,1-2H3,(H,36,37)/b27-21+,35-22?. The number of aliphatic imine (C=N–C) groups is 1. The van der Waals surface area contributed by atoms with Gasteiger partial charge in [0.15, 0.2) is 11.5 Å². The smallest absolute Gasteiger partial charge is 0.180 e. The molecule has 3 N–H and O–H groups in total. The summed E-state index contributed by atoms with van der Waals surface area (Å²) in [6.07, 6.45) is 19.7. The Kier molecular flexibility index (Phi) is 7.89. The number of allylic oxidation sites excluding steroid dienone is 1. The molecule has 2 aliphatic heterocycles. The summed E-state index contributed by atoms with van der Waals surface area (Å²) in [5, 5.41) is 3.36. The molecule has 1 spiro atoms. The Bertz CT molecular complexity index is 1350. The normalized spacial score (nSPS) is 22.0. The number of anilines is 1. The van der Waals surface area contributed by atoms with Gasteiger partial charge < -0.3 is 20.9 Å². The zero-order valence-corrected chi connectivity index (χ0v) is 24.1. The number of nitrogens with one attached hydrogen (secondary N) is 1. The van der Waals surface area contributed by atoms with Gasteiger partial charge in [0.05, 0.1) is 23.6 Å². The molecule has 4 heterocycles. The molecule has 0 atom stereocenters. The molecule has 1 saturated carbocycles. The summed E-state index contributed by atoms with van der Waals surface area (Å²) in [6, 6.07) is 9.52. The second-order valence-electron chi connectivity index (χ2n) is 12.3. The minimum atomic E-state index is 0.333. The monoisotopic (exact) mass is 540 g/mol. The molecule has 0 radical (unpaired) electrons. The van der Waals surface area contributed by atoms with Gasteiger partial charge in [-0.1, -0.05) is 23.8 Å². The third kappa shape index (κ3) is 5.79. The van der Waals surface area contributed by atoms with Gasteiger partial charge >= 0.3 is 0 Å². The van der Waals surface area contributed by atoms with E-state index in [0.717, 1.165) is 54.6 Å². The van der Waals surface area contributed by atoms with Crippen molar-refractivity contribution in [1.82, 2.24) is 24.2 Å². The first kappa shape index (κ1) is 27.0. The molecule has 0 unspecified atom stereocenters. The van der Waals surface area contributed by atoms with Crippen LogP contribution < -0.4 is 11.1 Å². The van der Waals surface area contributed by atoms with E-state index in [0.29, 0.717) is 17.3 Å². The van der Waals surface area contributed by atoms with E-state index in [1.54, 1.807) is 12.4 Å². The van der Waals surface area contributed by atoms with Gasteiger partial charge in [-0.2, -0.15) is 0 Å². The second kappa shape index (κ2) is 11.7. The fourth-order valence-electron chi connectivity index (χ4n) is 7.04. The maximum absolute atomic E-state index is 6.00. The van der Waals surface area contributed by atoms with Crippen LogP contribution in [0.15, 0.2) is 59.7 Å². The zero-order chi connectivity index (χ0) is 27.5. The average molecular weight is 541 g/mol. The van der Waals surface area contributed by atoms with Crippen molar-refractivity contribution in [1.29, 1.82) is 0 Å². The first-order chi connectivity index (χ1) is 19.5. The van der Waals surface area contributed by atoms with Crippen molar-refractivity contribution in [3.05, 3.63) is 60.3 Å². The predicted octanol–water partition coefficient (Wildman–Crippen LogP) is 5.11. The van der Waals surface area contributed by atoms with E-state index in [4.69, 9.17) is 15.7 Å². The van der Waals surface area contributed by atoms with Crippen molar-refractivity contribution in [2.75, 3.05) is 38.5 Å². The maximum atomic E-state index is 6.00. The molecule has 1 aromatic carbocycles. The van der Waals surface area contributed by atoms with Crippen LogP contribution in [0.4, 0.5) is 5.82 Å².